The minimum Gasteiger partial charge on any atom is -0.327 e. The molecular weight excluding hydrogens is 273 g/mol. The van der Waals surface area contributed by atoms with Crippen LogP contribution in [-0.2, 0) is 6.54 Å². The molecule has 0 spiro atoms. The van der Waals surface area contributed by atoms with E-state index in [2.05, 4.69) is 5.10 Å². The van der Waals surface area contributed by atoms with Crippen LogP contribution in [0.1, 0.15) is 0 Å². The van der Waals surface area contributed by atoms with Gasteiger partial charge in [0, 0.05) is 12.1 Å². The molecule has 5 nitrogen and oxygen atoms in total. The third-order valence-electron chi connectivity index (χ3n) is 2.69. The van der Waals surface area contributed by atoms with E-state index in [9.17, 15) is 18.0 Å². The van der Waals surface area contributed by atoms with Crippen LogP contribution in [0.5, 0.6) is 0 Å². The number of hydrogen-bond acceptors (Lipinski definition) is 3. The van der Waals surface area contributed by atoms with Crippen molar-refractivity contribution in [3.8, 4) is 5.69 Å². The van der Waals surface area contributed by atoms with Crippen molar-refractivity contribution >= 4 is 0 Å². The Kier molecular flexibility index (Phi) is 4.04. The van der Waals surface area contributed by atoms with Gasteiger partial charge in [-0.2, -0.15) is 13.9 Å². The Hall–Kier alpha value is -2.35. The second kappa shape index (κ2) is 5.74. The molecule has 106 valence electrons. The maximum atomic E-state index is 12.8. The normalized spacial score (nSPS) is 10.6. The highest BCUT2D eigenvalue weighted by atomic mass is 19.3. The molecule has 0 saturated carbocycles. The van der Waals surface area contributed by atoms with E-state index in [-0.39, 0.29) is 18.7 Å². The fourth-order valence-corrected chi connectivity index (χ4v) is 1.61. The molecule has 20 heavy (non-hydrogen) atoms. The summed E-state index contributed by atoms with van der Waals surface area (Å²) in [6.45, 7) is -0.746. The van der Waals surface area contributed by atoms with Crippen molar-refractivity contribution in [1.29, 1.82) is 0 Å². The first-order chi connectivity index (χ1) is 9.52. The van der Waals surface area contributed by atoms with Crippen molar-refractivity contribution in [2.24, 2.45) is 5.73 Å². The quantitative estimate of drug-likeness (QED) is 0.919. The van der Waals surface area contributed by atoms with Gasteiger partial charge >= 0.3 is 5.69 Å². The summed E-state index contributed by atoms with van der Waals surface area (Å²) >= 11 is 0. The van der Waals surface area contributed by atoms with Crippen molar-refractivity contribution in [3.05, 3.63) is 58.5 Å². The smallest absolute Gasteiger partial charge is 0.327 e. The van der Waals surface area contributed by atoms with Gasteiger partial charge in [0.1, 0.15) is 12.1 Å². The molecule has 0 amide bonds. The highest BCUT2D eigenvalue weighted by molar-refractivity contribution is 5.31. The van der Waals surface area contributed by atoms with Crippen LogP contribution in [-0.4, -0.2) is 20.9 Å². The third kappa shape index (κ3) is 2.80. The Bertz CT molecular complexity index is 683. The predicted molar refractivity (Wildman–Crippen MR) is 66.1 cm³/mol. The van der Waals surface area contributed by atoms with Crippen LogP contribution in [0.25, 0.3) is 5.69 Å². The zero-order chi connectivity index (χ0) is 14.7. The standard InChI is InChI=1S/C12H11F3N4O/c13-9-1-3-10(4-2-9)18-7-17-19(12(18)20)6-8(5-16)11(14)15/h1-4,7H,5-6,16H2. The van der Waals surface area contributed by atoms with Crippen LogP contribution in [0.4, 0.5) is 13.2 Å². The molecular formula is C12H11F3N4O. The van der Waals surface area contributed by atoms with Gasteiger partial charge in [0.05, 0.1) is 12.2 Å². The molecule has 0 radical (unpaired) electrons. The van der Waals surface area contributed by atoms with Gasteiger partial charge in [-0.1, -0.05) is 0 Å². The minimum atomic E-state index is -1.92. The van der Waals surface area contributed by atoms with Gasteiger partial charge in [-0.3, -0.25) is 0 Å². The van der Waals surface area contributed by atoms with Gasteiger partial charge in [-0.25, -0.2) is 18.4 Å². The lowest BCUT2D eigenvalue weighted by atomic mass is 10.3. The predicted octanol–water partition coefficient (Wildman–Crippen LogP) is 1.28. The van der Waals surface area contributed by atoms with E-state index in [0.717, 1.165) is 9.25 Å². The number of halogens is 3. The monoisotopic (exact) mass is 284 g/mol. The Balaban J connectivity index is 2.35. The highest BCUT2D eigenvalue weighted by Crippen LogP contribution is 2.09. The maximum absolute atomic E-state index is 12.8. The molecule has 0 bridgehead atoms. The van der Waals surface area contributed by atoms with Crippen LogP contribution in [0.15, 0.2) is 47.0 Å². The summed E-state index contributed by atoms with van der Waals surface area (Å²) in [6.07, 6.45) is -0.740. The summed E-state index contributed by atoms with van der Waals surface area (Å²) in [7, 11) is 0. The summed E-state index contributed by atoms with van der Waals surface area (Å²) < 4.78 is 39.8. The van der Waals surface area contributed by atoms with E-state index >= 15 is 0 Å². The molecule has 8 heteroatoms. The molecule has 2 N–H and O–H groups in total. The molecule has 0 fully saturated rings. The number of hydrogen-bond donors (Lipinski definition) is 1. The van der Waals surface area contributed by atoms with E-state index in [0.29, 0.717) is 5.69 Å². The number of nitrogens with two attached hydrogens (primary N) is 1. The van der Waals surface area contributed by atoms with Crippen LogP contribution < -0.4 is 11.4 Å². The van der Waals surface area contributed by atoms with Gasteiger partial charge in [0.25, 0.3) is 6.08 Å². The highest BCUT2D eigenvalue weighted by Gasteiger charge is 2.11. The van der Waals surface area contributed by atoms with Crippen LogP contribution >= 0.6 is 0 Å². The average Bonchev–Trinajstić information content (AvgIpc) is 2.78. The summed E-state index contributed by atoms with van der Waals surface area (Å²) in [4.78, 5) is 12.0. The Labute approximate surface area is 111 Å². The fourth-order valence-electron chi connectivity index (χ4n) is 1.61. The molecule has 1 aromatic carbocycles. The Morgan fingerprint density at radius 2 is 1.90 bits per heavy atom. The molecule has 0 aliphatic heterocycles. The van der Waals surface area contributed by atoms with Crippen molar-refractivity contribution in [1.82, 2.24) is 14.3 Å². The topological polar surface area (TPSA) is 65.8 Å². The molecule has 2 aromatic rings. The molecule has 0 aliphatic carbocycles. The third-order valence-corrected chi connectivity index (χ3v) is 2.69. The summed E-state index contributed by atoms with van der Waals surface area (Å²) in [6, 6.07) is 5.15. The number of aromatic nitrogens is 3. The fraction of sp³-hybridized carbons (Fsp3) is 0.167. The number of benzene rings is 1. The zero-order valence-corrected chi connectivity index (χ0v) is 10.3. The number of nitrogens with zero attached hydrogens (tertiary/aromatic N) is 3. The summed E-state index contributed by atoms with van der Waals surface area (Å²) in [5.74, 6) is -0.443. The molecule has 1 aromatic heterocycles. The molecule has 0 aliphatic rings. The van der Waals surface area contributed by atoms with E-state index < -0.39 is 17.6 Å². The van der Waals surface area contributed by atoms with Crippen molar-refractivity contribution in [2.75, 3.05) is 6.54 Å². The van der Waals surface area contributed by atoms with Gasteiger partial charge in [-0.05, 0) is 24.3 Å². The van der Waals surface area contributed by atoms with Crippen molar-refractivity contribution in [2.45, 2.75) is 6.54 Å². The summed E-state index contributed by atoms with van der Waals surface area (Å²) in [5, 5.41) is 3.74. The first-order valence-electron chi connectivity index (χ1n) is 5.66. The lowest BCUT2D eigenvalue weighted by Crippen LogP contribution is -2.26. The summed E-state index contributed by atoms with van der Waals surface area (Å²) in [5.41, 5.74) is 4.60. The Morgan fingerprint density at radius 3 is 2.45 bits per heavy atom. The second-order valence-corrected chi connectivity index (χ2v) is 3.99. The van der Waals surface area contributed by atoms with Gasteiger partial charge in [-0.15, -0.1) is 0 Å². The van der Waals surface area contributed by atoms with E-state index in [1.165, 1.54) is 30.6 Å². The van der Waals surface area contributed by atoms with E-state index in [4.69, 9.17) is 5.73 Å². The minimum absolute atomic E-state index is 0.363. The molecule has 0 atom stereocenters. The molecule has 0 saturated heterocycles. The van der Waals surface area contributed by atoms with Gasteiger partial charge in [0.15, 0.2) is 0 Å². The molecule has 0 unspecified atom stereocenters. The zero-order valence-electron chi connectivity index (χ0n) is 10.3. The van der Waals surface area contributed by atoms with Gasteiger partial charge in [0.2, 0.25) is 0 Å². The van der Waals surface area contributed by atoms with Gasteiger partial charge < -0.3 is 5.73 Å². The number of rotatable bonds is 4. The first kappa shape index (κ1) is 14.1. The van der Waals surface area contributed by atoms with E-state index in [1.807, 2.05) is 0 Å². The van der Waals surface area contributed by atoms with E-state index in [1.54, 1.807) is 0 Å². The Morgan fingerprint density at radius 1 is 1.25 bits per heavy atom. The SMILES string of the molecule is NCC(Cn1ncn(-c2ccc(F)cc2)c1=O)=C(F)F. The lowest BCUT2D eigenvalue weighted by molar-refractivity contribution is 0.400. The largest absolute Gasteiger partial charge is 0.350 e. The lowest BCUT2D eigenvalue weighted by Gasteiger charge is -2.02. The van der Waals surface area contributed by atoms with Crippen LogP contribution in [0.3, 0.4) is 0 Å². The average molecular weight is 284 g/mol. The van der Waals surface area contributed by atoms with Crippen LogP contribution in [0.2, 0.25) is 0 Å². The van der Waals surface area contributed by atoms with Crippen molar-refractivity contribution in [3.63, 3.8) is 0 Å². The maximum Gasteiger partial charge on any atom is 0.350 e. The van der Waals surface area contributed by atoms with Crippen molar-refractivity contribution < 1.29 is 13.2 Å². The molecule has 2 rings (SSSR count). The second-order valence-electron chi connectivity index (χ2n) is 3.99. The van der Waals surface area contributed by atoms with Crippen LogP contribution in [0, 0.1) is 5.82 Å². The first-order valence-corrected chi connectivity index (χ1v) is 5.66. The molecule has 1 heterocycles.